The van der Waals surface area contributed by atoms with Crippen molar-refractivity contribution < 1.29 is 9.15 Å². The summed E-state index contributed by atoms with van der Waals surface area (Å²) >= 11 is 3.40. The molecule has 0 fully saturated rings. The molecular weight excluding hydrogens is 332 g/mol. The van der Waals surface area contributed by atoms with Crippen LogP contribution in [0.2, 0.25) is 0 Å². The summed E-state index contributed by atoms with van der Waals surface area (Å²) < 4.78 is 12.2. The molecule has 4 nitrogen and oxygen atoms in total. The zero-order valence-electron chi connectivity index (χ0n) is 11.4. The fourth-order valence-electron chi connectivity index (χ4n) is 1.93. The highest BCUT2D eigenvalue weighted by molar-refractivity contribution is 9.10. The molecule has 0 unspecified atom stereocenters. The Labute approximate surface area is 130 Å². The van der Waals surface area contributed by atoms with Gasteiger partial charge in [-0.2, -0.15) is 0 Å². The minimum absolute atomic E-state index is 0.481. The third kappa shape index (κ3) is 3.13. The lowest BCUT2D eigenvalue weighted by Crippen LogP contribution is -1.91. The molecule has 0 radical (unpaired) electrons. The number of aromatic nitrogens is 2. The molecule has 106 valence electrons. The highest BCUT2D eigenvalue weighted by atomic mass is 79.9. The van der Waals surface area contributed by atoms with Crippen LogP contribution in [-0.4, -0.2) is 16.8 Å². The Balaban J connectivity index is 1.91. The van der Waals surface area contributed by atoms with Crippen LogP contribution in [-0.2, 0) is 0 Å². The molecular formula is C16H13BrN2O2. The second-order valence-electron chi connectivity index (χ2n) is 4.38. The number of nitrogens with zero attached hydrogens (tertiary/aromatic N) is 2. The van der Waals surface area contributed by atoms with Gasteiger partial charge in [0, 0.05) is 15.6 Å². The monoisotopic (exact) mass is 344 g/mol. The Morgan fingerprint density at radius 3 is 2.43 bits per heavy atom. The number of ether oxygens (including phenoxy) is 1. The summed E-state index contributed by atoms with van der Waals surface area (Å²) in [5, 5.41) is 8.20. The molecule has 0 bridgehead atoms. The maximum Gasteiger partial charge on any atom is 0.248 e. The van der Waals surface area contributed by atoms with E-state index in [9.17, 15) is 0 Å². The number of hydrogen-bond acceptors (Lipinski definition) is 4. The normalized spacial score (nSPS) is 10.6. The molecule has 0 spiro atoms. The summed E-state index contributed by atoms with van der Waals surface area (Å²) in [5.74, 6) is 1.77. The minimum Gasteiger partial charge on any atom is -0.494 e. The molecule has 2 aromatic carbocycles. The van der Waals surface area contributed by atoms with E-state index in [1.807, 2.05) is 55.5 Å². The zero-order chi connectivity index (χ0) is 14.7. The first-order valence-corrected chi connectivity index (χ1v) is 7.38. The third-order valence-electron chi connectivity index (χ3n) is 2.91. The number of rotatable bonds is 4. The van der Waals surface area contributed by atoms with Gasteiger partial charge >= 0.3 is 0 Å². The van der Waals surface area contributed by atoms with Crippen LogP contribution in [0.25, 0.3) is 22.9 Å². The van der Waals surface area contributed by atoms with Gasteiger partial charge in [0.1, 0.15) is 5.75 Å². The summed E-state index contributed by atoms with van der Waals surface area (Å²) in [7, 11) is 0. The fourth-order valence-corrected chi connectivity index (χ4v) is 2.20. The van der Waals surface area contributed by atoms with E-state index in [1.165, 1.54) is 0 Å². The molecule has 0 saturated heterocycles. The average molecular weight is 345 g/mol. The Morgan fingerprint density at radius 1 is 1.00 bits per heavy atom. The van der Waals surface area contributed by atoms with Crippen LogP contribution in [0.5, 0.6) is 5.75 Å². The maximum atomic E-state index is 5.74. The Bertz CT molecular complexity index is 738. The molecule has 0 N–H and O–H groups in total. The van der Waals surface area contributed by atoms with E-state index in [0.29, 0.717) is 18.4 Å². The predicted octanol–water partition coefficient (Wildman–Crippen LogP) is 4.56. The van der Waals surface area contributed by atoms with Crippen LogP contribution in [0.3, 0.4) is 0 Å². The molecule has 0 aliphatic carbocycles. The molecule has 0 amide bonds. The SMILES string of the molecule is CCOc1cccc(-c2nnc(-c3ccc(Br)cc3)o2)c1. The lowest BCUT2D eigenvalue weighted by molar-refractivity contribution is 0.340. The van der Waals surface area contributed by atoms with Crippen molar-refractivity contribution in [1.29, 1.82) is 0 Å². The van der Waals surface area contributed by atoms with E-state index < -0.39 is 0 Å². The van der Waals surface area contributed by atoms with Gasteiger partial charge in [-0.25, -0.2) is 0 Å². The van der Waals surface area contributed by atoms with Crippen molar-refractivity contribution >= 4 is 15.9 Å². The molecule has 5 heteroatoms. The first-order chi connectivity index (χ1) is 10.3. The molecule has 0 atom stereocenters. The van der Waals surface area contributed by atoms with Crippen molar-refractivity contribution in [2.75, 3.05) is 6.61 Å². The van der Waals surface area contributed by atoms with Crippen LogP contribution < -0.4 is 4.74 Å². The van der Waals surface area contributed by atoms with Crippen molar-refractivity contribution in [2.45, 2.75) is 6.92 Å². The van der Waals surface area contributed by atoms with E-state index >= 15 is 0 Å². The topological polar surface area (TPSA) is 48.2 Å². The van der Waals surface area contributed by atoms with E-state index in [4.69, 9.17) is 9.15 Å². The molecule has 3 aromatic rings. The van der Waals surface area contributed by atoms with Gasteiger partial charge in [0.25, 0.3) is 0 Å². The first-order valence-electron chi connectivity index (χ1n) is 6.59. The quantitative estimate of drug-likeness (QED) is 0.695. The first kappa shape index (κ1) is 13.8. The molecule has 0 aliphatic heterocycles. The molecule has 21 heavy (non-hydrogen) atoms. The number of benzene rings is 2. The van der Waals surface area contributed by atoms with E-state index in [1.54, 1.807) is 0 Å². The average Bonchev–Trinajstić information content (AvgIpc) is 2.98. The molecule has 3 rings (SSSR count). The fraction of sp³-hybridized carbons (Fsp3) is 0.125. The highest BCUT2D eigenvalue weighted by Crippen LogP contribution is 2.27. The van der Waals surface area contributed by atoms with Gasteiger partial charge in [-0.3, -0.25) is 0 Å². The predicted molar refractivity (Wildman–Crippen MR) is 84.0 cm³/mol. The summed E-state index contributed by atoms with van der Waals surface area (Å²) in [5.41, 5.74) is 1.73. The van der Waals surface area contributed by atoms with Crippen molar-refractivity contribution in [3.63, 3.8) is 0 Å². The van der Waals surface area contributed by atoms with Gasteiger partial charge in [0.2, 0.25) is 11.8 Å². The smallest absolute Gasteiger partial charge is 0.248 e. The Hall–Kier alpha value is -2.14. The lowest BCUT2D eigenvalue weighted by Gasteiger charge is -2.03. The van der Waals surface area contributed by atoms with Crippen molar-refractivity contribution in [2.24, 2.45) is 0 Å². The second-order valence-corrected chi connectivity index (χ2v) is 5.30. The summed E-state index contributed by atoms with van der Waals surface area (Å²) in [6, 6.07) is 15.4. The van der Waals surface area contributed by atoms with Gasteiger partial charge in [0.15, 0.2) is 0 Å². The standard InChI is InChI=1S/C16H13BrN2O2/c1-2-20-14-5-3-4-12(10-14)16-19-18-15(21-16)11-6-8-13(17)9-7-11/h3-10H,2H2,1H3. The molecule has 0 aliphatic rings. The molecule has 1 aromatic heterocycles. The van der Waals surface area contributed by atoms with Gasteiger partial charge in [-0.05, 0) is 49.4 Å². The van der Waals surface area contributed by atoms with Crippen molar-refractivity contribution in [1.82, 2.24) is 10.2 Å². The van der Waals surface area contributed by atoms with Gasteiger partial charge in [-0.15, -0.1) is 10.2 Å². The lowest BCUT2D eigenvalue weighted by atomic mass is 10.2. The van der Waals surface area contributed by atoms with Crippen LogP contribution in [0.4, 0.5) is 0 Å². The van der Waals surface area contributed by atoms with Gasteiger partial charge in [0.05, 0.1) is 6.61 Å². The van der Waals surface area contributed by atoms with Crippen molar-refractivity contribution in [3.8, 4) is 28.7 Å². The van der Waals surface area contributed by atoms with Gasteiger partial charge < -0.3 is 9.15 Å². The molecule has 1 heterocycles. The summed E-state index contributed by atoms with van der Waals surface area (Å²) in [6.07, 6.45) is 0. The van der Waals surface area contributed by atoms with E-state index in [-0.39, 0.29) is 0 Å². The maximum absolute atomic E-state index is 5.74. The second kappa shape index (κ2) is 6.10. The van der Waals surface area contributed by atoms with E-state index in [2.05, 4.69) is 26.1 Å². The van der Waals surface area contributed by atoms with E-state index in [0.717, 1.165) is 21.3 Å². The number of hydrogen-bond donors (Lipinski definition) is 0. The van der Waals surface area contributed by atoms with Crippen LogP contribution in [0.1, 0.15) is 6.92 Å². The summed E-state index contributed by atoms with van der Waals surface area (Å²) in [6.45, 7) is 2.57. The highest BCUT2D eigenvalue weighted by Gasteiger charge is 2.11. The molecule has 0 saturated carbocycles. The van der Waals surface area contributed by atoms with Gasteiger partial charge in [-0.1, -0.05) is 22.0 Å². The Morgan fingerprint density at radius 2 is 1.71 bits per heavy atom. The Kier molecular flexibility index (Phi) is 4.01. The van der Waals surface area contributed by atoms with Crippen LogP contribution >= 0.6 is 15.9 Å². The minimum atomic E-state index is 0.481. The summed E-state index contributed by atoms with van der Waals surface area (Å²) in [4.78, 5) is 0. The van der Waals surface area contributed by atoms with Crippen LogP contribution in [0, 0.1) is 0 Å². The third-order valence-corrected chi connectivity index (χ3v) is 3.44. The number of halogens is 1. The zero-order valence-corrected chi connectivity index (χ0v) is 13.0. The van der Waals surface area contributed by atoms with Crippen molar-refractivity contribution in [3.05, 3.63) is 53.0 Å². The largest absolute Gasteiger partial charge is 0.494 e. The van der Waals surface area contributed by atoms with Crippen LogP contribution in [0.15, 0.2) is 57.4 Å².